The highest BCUT2D eigenvalue weighted by molar-refractivity contribution is 5.78. The SMILES string of the molecule is CN(C)C(=O)CN1CCN(CC2COC3(O2)c2ccccc2C=Cc2ccccc23)CC1. The number of fused-ring (bicyclic) bond motifs is 4. The Bertz CT molecular complexity index is 961. The van der Waals surface area contributed by atoms with Crippen molar-refractivity contribution in [2.75, 3.05) is 60.0 Å². The molecule has 2 saturated heterocycles. The maximum atomic E-state index is 12.0. The number of piperazine rings is 1. The van der Waals surface area contributed by atoms with Gasteiger partial charge in [-0.05, 0) is 11.1 Å². The molecule has 0 radical (unpaired) electrons. The van der Waals surface area contributed by atoms with Gasteiger partial charge < -0.3 is 14.4 Å². The van der Waals surface area contributed by atoms with Crippen LogP contribution in [0.1, 0.15) is 22.3 Å². The molecule has 168 valence electrons. The van der Waals surface area contributed by atoms with E-state index in [2.05, 4.69) is 70.5 Å². The lowest BCUT2D eigenvalue weighted by molar-refractivity contribution is -0.145. The molecule has 2 heterocycles. The molecular formula is C26H31N3O3. The van der Waals surface area contributed by atoms with Gasteiger partial charge in [-0.2, -0.15) is 0 Å². The van der Waals surface area contributed by atoms with Gasteiger partial charge in [-0.3, -0.25) is 14.6 Å². The van der Waals surface area contributed by atoms with Crippen LogP contribution in [0.25, 0.3) is 12.2 Å². The van der Waals surface area contributed by atoms with Gasteiger partial charge in [0.15, 0.2) is 0 Å². The molecule has 6 nitrogen and oxygen atoms in total. The normalized spacial score (nSPS) is 22.4. The molecule has 1 unspecified atom stereocenters. The Morgan fingerprint density at radius 2 is 1.50 bits per heavy atom. The van der Waals surface area contributed by atoms with Crippen LogP contribution in [0.15, 0.2) is 48.5 Å². The van der Waals surface area contributed by atoms with Crippen molar-refractivity contribution in [3.05, 3.63) is 70.8 Å². The van der Waals surface area contributed by atoms with E-state index in [1.165, 1.54) is 0 Å². The van der Waals surface area contributed by atoms with Gasteiger partial charge >= 0.3 is 0 Å². The van der Waals surface area contributed by atoms with Gasteiger partial charge in [0.2, 0.25) is 11.7 Å². The maximum absolute atomic E-state index is 12.0. The van der Waals surface area contributed by atoms with Crippen LogP contribution in [0.2, 0.25) is 0 Å². The molecule has 0 aromatic heterocycles. The number of carbonyl (C=O) groups excluding carboxylic acids is 1. The lowest BCUT2D eigenvalue weighted by Gasteiger charge is -2.36. The van der Waals surface area contributed by atoms with Crippen molar-refractivity contribution in [3.63, 3.8) is 0 Å². The van der Waals surface area contributed by atoms with Crippen molar-refractivity contribution >= 4 is 18.1 Å². The molecule has 1 aliphatic carbocycles. The highest BCUT2D eigenvalue weighted by Gasteiger charge is 2.47. The second-order valence-corrected chi connectivity index (χ2v) is 9.04. The molecule has 2 aromatic carbocycles. The summed E-state index contributed by atoms with van der Waals surface area (Å²) in [5.74, 6) is -0.714. The van der Waals surface area contributed by atoms with Crippen molar-refractivity contribution in [3.8, 4) is 0 Å². The third-order valence-corrected chi connectivity index (χ3v) is 6.66. The molecule has 0 saturated carbocycles. The number of nitrogens with zero attached hydrogens (tertiary/aromatic N) is 3. The highest BCUT2D eigenvalue weighted by atomic mass is 16.7. The summed E-state index contributed by atoms with van der Waals surface area (Å²) in [6.45, 7) is 5.54. The third kappa shape index (κ3) is 3.99. The maximum Gasteiger partial charge on any atom is 0.236 e. The first-order valence-corrected chi connectivity index (χ1v) is 11.4. The van der Waals surface area contributed by atoms with E-state index in [0.29, 0.717) is 13.2 Å². The van der Waals surface area contributed by atoms with Gasteiger partial charge in [0, 0.05) is 57.9 Å². The van der Waals surface area contributed by atoms with Crippen molar-refractivity contribution in [2.24, 2.45) is 0 Å². The van der Waals surface area contributed by atoms with Crippen LogP contribution in [0.3, 0.4) is 0 Å². The summed E-state index contributed by atoms with van der Waals surface area (Å²) >= 11 is 0. The molecule has 2 aromatic rings. The van der Waals surface area contributed by atoms with Crippen LogP contribution < -0.4 is 0 Å². The standard InChI is InChI=1S/C26H31N3O3/c1-27(2)25(30)18-29-15-13-28(14-16-29)17-22-19-31-26(32-22)23-9-5-3-7-20(23)11-12-21-8-4-6-10-24(21)26/h3-12,22H,13-19H2,1-2H3. The van der Waals surface area contributed by atoms with E-state index in [0.717, 1.165) is 55.0 Å². The van der Waals surface area contributed by atoms with E-state index in [-0.39, 0.29) is 12.0 Å². The lowest BCUT2D eigenvalue weighted by atomic mass is 9.93. The largest absolute Gasteiger partial charge is 0.348 e. The van der Waals surface area contributed by atoms with Crippen LogP contribution in [-0.2, 0) is 20.1 Å². The minimum Gasteiger partial charge on any atom is -0.348 e. The van der Waals surface area contributed by atoms with E-state index in [1.807, 2.05) is 14.1 Å². The Morgan fingerprint density at radius 1 is 0.938 bits per heavy atom. The van der Waals surface area contributed by atoms with E-state index in [4.69, 9.17) is 9.47 Å². The first kappa shape index (κ1) is 21.3. The van der Waals surface area contributed by atoms with E-state index < -0.39 is 5.79 Å². The molecule has 3 aliphatic rings. The fourth-order valence-electron chi connectivity index (χ4n) is 4.84. The minimum atomic E-state index is -0.874. The van der Waals surface area contributed by atoms with Crippen LogP contribution in [0.5, 0.6) is 0 Å². The smallest absolute Gasteiger partial charge is 0.236 e. The summed E-state index contributed by atoms with van der Waals surface area (Å²) in [7, 11) is 3.62. The second kappa shape index (κ2) is 8.79. The van der Waals surface area contributed by atoms with E-state index >= 15 is 0 Å². The minimum absolute atomic E-state index is 0.0100. The molecule has 6 heteroatoms. The third-order valence-electron chi connectivity index (χ3n) is 6.66. The highest BCUT2D eigenvalue weighted by Crippen LogP contribution is 2.45. The first-order valence-electron chi connectivity index (χ1n) is 11.4. The summed E-state index contributed by atoms with van der Waals surface area (Å²) in [6.07, 6.45) is 4.29. The van der Waals surface area contributed by atoms with Gasteiger partial charge in [-0.1, -0.05) is 60.7 Å². The van der Waals surface area contributed by atoms with Crippen molar-refractivity contribution in [1.29, 1.82) is 0 Å². The molecule has 1 spiro atoms. The zero-order valence-corrected chi connectivity index (χ0v) is 18.9. The van der Waals surface area contributed by atoms with E-state index in [9.17, 15) is 4.79 Å². The zero-order valence-electron chi connectivity index (χ0n) is 18.9. The van der Waals surface area contributed by atoms with Crippen molar-refractivity contribution < 1.29 is 14.3 Å². The number of rotatable bonds is 4. The molecule has 1 amide bonds. The summed E-state index contributed by atoms with van der Waals surface area (Å²) in [4.78, 5) is 18.3. The van der Waals surface area contributed by atoms with Gasteiger partial charge in [0.05, 0.1) is 19.3 Å². The van der Waals surface area contributed by atoms with Crippen molar-refractivity contribution in [1.82, 2.24) is 14.7 Å². The average Bonchev–Trinajstić information content (AvgIpc) is 3.18. The Balaban J connectivity index is 1.30. The number of ether oxygens (including phenoxy) is 2. The first-order chi connectivity index (χ1) is 15.5. The Hall–Kier alpha value is -2.51. The number of benzene rings is 2. The Kier molecular flexibility index (Phi) is 5.86. The summed E-state index contributed by atoms with van der Waals surface area (Å²) in [5, 5.41) is 0. The summed E-state index contributed by atoms with van der Waals surface area (Å²) in [6, 6.07) is 16.7. The fourth-order valence-corrected chi connectivity index (χ4v) is 4.84. The van der Waals surface area contributed by atoms with E-state index in [1.54, 1.807) is 4.90 Å². The monoisotopic (exact) mass is 433 g/mol. The molecule has 2 fully saturated rings. The summed E-state index contributed by atoms with van der Waals surface area (Å²) < 4.78 is 13.3. The van der Waals surface area contributed by atoms with Gasteiger partial charge in [0.25, 0.3) is 0 Å². The topological polar surface area (TPSA) is 45.3 Å². The lowest BCUT2D eigenvalue weighted by Crippen LogP contribution is -2.51. The number of carbonyl (C=O) groups is 1. The number of hydrogen-bond acceptors (Lipinski definition) is 5. The fraction of sp³-hybridized carbons (Fsp3) is 0.423. The predicted molar refractivity (Wildman–Crippen MR) is 125 cm³/mol. The quantitative estimate of drug-likeness (QED) is 0.742. The number of likely N-dealkylation sites (N-methyl/N-ethyl adjacent to an activating group) is 1. The number of hydrogen-bond donors (Lipinski definition) is 0. The number of amides is 1. The molecular weight excluding hydrogens is 402 g/mol. The van der Waals surface area contributed by atoms with Crippen LogP contribution in [-0.4, -0.2) is 86.7 Å². The summed E-state index contributed by atoms with van der Waals surface area (Å²) in [5.41, 5.74) is 4.39. The van der Waals surface area contributed by atoms with Crippen LogP contribution in [0, 0.1) is 0 Å². The molecule has 2 aliphatic heterocycles. The van der Waals surface area contributed by atoms with Gasteiger partial charge in [-0.15, -0.1) is 0 Å². The molecule has 32 heavy (non-hydrogen) atoms. The molecule has 5 rings (SSSR count). The van der Waals surface area contributed by atoms with Crippen LogP contribution >= 0.6 is 0 Å². The van der Waals surface area contributed by atoms with Gasteiger partial charge in [0.1, 0.15) is 0 Å². The predicted octanol–water partition coefficient (Wildman–Crippen LogP) is 2.49. The van der Waals surface area contributed by atoms with Crippen LogP contribution in [0.4, 0.5) is 0 Å². The Morgan fingerprint density at radius 3 is 2.09 bits per heavy atom. The zero-order chi connectivity index (χ0) is 22.1. The molecule has 1 atom stereocenters. The molecule has 0 bridgehead atoms. The average molecular weight is 434 g/mol. The second-order valence-electron chi connectivity index (χ2n) is 9.04. The molecule has 0 N–H and O–H groups in total. The Labute approximate surface area is 190 Å². The van der Waals surface area contributed by atoms with Gasteiger partial charge in [-0.25, -0.2) is 0 Å². The van der Waals surface area contributed by atoms with Crippen molar-refractivity contribution in [2.45, 2.75) is 11.9 Å².